The summed E-state index contributed by atoms with van der Waals surface area (Å²) >= 11 is 0. The summed E-state index contributed by atoms with van der Waals surface area (Å²) in [5, 5.41) is 9.54. The van der Waals surface area contributed by atoms with Gasteiger partial charge in [-0.25, -0.2) is 4.79 Å². The van der Waals surface area contributed by atoms with E-state index in [9.17, 15) is 19.5 Å². The minimum absolute atomic E-state index is 0.277. The molecular formula is C22H24N2O4. The molecule has 1 aliphatic carbocycles. The minimum atomic E-state index is -1.15. The predicted molar refractivity (Wildman–Crippen MR) is 107 cm³/mol. The Morgan fingerprint density at radius 1 is 0.893 bits per heavy atom. The lowest BCUT2D eigenvalue weighted by Crippen LogP contribution is -2.50. The Morgan fingerprint density at radius 3 is 1.89 bits per heavy atom. The van der Waals surface area contributed by atoms with Crippen molar-refractivity contribution >= 4 is 23.5 Å². The van der Waals surface area contributed by atoms with E-state index in [1.54, 1.807) is 26.2 Å². The lowest BCUT2D eigenvalue weighted by Gasteiger charge is -2.31. The number of amides is 2. The molecule has 1 N–H and O–H groups in total. The van der Waals surface area contributed by atoms with E-state index in [4.69, 9.17) is 0 Å². The second-order valence-electron chi connectivity index (χ2n) is 7.38. The van der Waals surface area contributed by atoms with E-state index < -0.39 is 23.3 Å². The quantitative estimate of drug-likeness (QED) is 0.782. The van der Waals surface area contributed by atoms with Gasteiger partial charge in [0.2, 0.25) is 11.8 Å². The van der Waals surface area contributed by atoms with Gasteiger partial charge in [0.05, 0.1) is 0 Å². The number of anilines is 1. The van der Waals surface area contributed by atoms with Crippen molar-refractivity contribution in [3.8, 4) is 11.1 Å². The lowest BCUT2D eigenvalue weighted by atomic mass is 10.0. The van der Waals surface area contributed by atoms with Gasteiger partial charge >= 0.3 is 5.97 Å². The Balaban J connectivity index is 1.96. The highest BCUT2D eigenvalue weighted by Gasteiger charge is 2.59. The van der Waals surface area contributed by atoms with Gasteiger partial charge in [-0.3, -0.25) is 14.5 Å². The molecule has 1 saturated carbocycles. The highest BCUT2D eigenvalue weighted by atomic mass is 16.4. The number of aliphatic carboxylic acids is 1. The van der Waals surface area contributed by atoms with Crippen LogP contribution in [0.15, 0.2) is 54.6 Å². The van der Waals surface area contributed by atoms with Crippen LogP contribution in [0.5, 0.6) is 0 Å². The monoisotopic (exact) mass is 380 g/mol. The molecule has 1 aliphatic rings. The zero-order chi connectivity index (χ0) is 20.5. The van der Waals surface area contributed by atoms with Crippen LogP contribution in [0.2, 0.25) is 0 Å². The van der Waals surface area contributed by atoms with Gasteiger partial charge in [0.15, 0.2) is 0 Å². The summed E-state index contributed by atoms with van der Waals surface area (Å²) in [5.74, 6) is -1.84. The molecule has 0 heterocycles. The molecule has 2 aromatic rings. The highest BCUT2D eigenvalue weighted by molar-refractivity contribution is 6.15. The van der Waals surface area contributed by atoms with E-state index in [0.717, 1.165) is 11.1 Å². The third-order valence-corrected chi connectivity index (χ3v) is 5.19. The number of nitrogens with zero attached hydrogens (tertiary/aromatic N) is 2. The molecule has 0 bridgehead atoms. The fourth-order valence-corrected chi connectivity index (χ4v) is 3.38. The maximum absolute atomic E-state index is 13.3. The Bertz CT molecular complexity index is 887. The van der Waals surface area contributed by atoms with E-state index >= 15 is 0 Å². The average Bonchev–Trinajstić information content (AvgIpc) is 3.50. The summed E-state index contributed by atoms with van der Waals surface area (Å²) in [7, 11) is 3.21. The second-order valence-corrected chi connectivity index (χ2v) is 7.38. The van der Waals surface area contributed by atoms with Gasteiger partial charge in [-0.1, -0.05) is 42.5 Å². The molecular weight excluding hydrogens is 356 g/mol. The van der Waals surface area contributed by atoms with Crippen molar-refractivity contribution in [2.75, 3.05) is 19.0 Å². The van der Waals surface area contributed by atoms with E-state index in [1.807, 2.05) is 42.5 Å². The molecule has 2 amide bonds. The number of carboxylic acid groups (broad SMARTS) is 1. The topological polar surface area (TPSA) is 77.9 Å². The number of rotatable bonds is 6. The number of benzene rings is 2. The molecule has 1 atom stereocenters. The van der Waals surface area contributed by atoms with Gasteiger partial charge in [0.25, 0.3) is 0 Å². The summed E-state index contributed by atoms with van der Waals surface area (Å²) in [6, 6.07) is 15.9. The number of hydrogen-bond donors (Lipinski definition) is 1. The van der Waals surface area contributed by atoms with Crippen LogP contribution < -0.4 is 4.90 Å². The maximum atomic E-state index is 13.3. The number of carboxylic acids is 1. The largest absolute Gasteiger partial charge is 0.480 e. The normalized spacial score (nSPS) is 15.4. The summed E-state index contributed by atoms with van der Waals surface area (Å²) in [4.78, 5) is 40.2. The molecule has 146 valence electrons. The van der Waals surface area contributed by atoms with Crippen molar-refractivity contribution in [3.05, 3.63) is 54.6 Å². The second kappa shape index (κ2) is 7.46. The molecule has 0 unspecified atom stereocenters. The first-order chi connectivity index (χ1) is 13.3. The molecule has 2 aromatic carbocycles. The zero-order valence-electron chi connectivity index (χ0n) is 16.3. The van der Waals surface area contributed by atoms with Crippen LogP contribution in [0, 0.1) is 5.41 Å². The molecule has 1 fully saturated rings. The van der Waals surface area contributed by atoms with E-state index in [-0.39, 0.29) is 5.91 Å². The summed E-state index contributed by atoms with van der Waals surface area (Å²) in [6.45, 7) is 1.46. The van der Waals surface area contributed by atoms with Crippen LogP contribution in [0.25, 0.3) is 11.1 Å². The molecule has 0 aliphatic heterocycles. The van der Waals surface area contributed by atoms with Crippen LogP contribution in [0.1, 0.15) is 19.8 Å². The van der Waals surface area contributed by atoms with Gasteiger partial charge in [0.1, 0.15) is 11.5 Å². The Labute approximate surface area is 164 Å². The van der Waals surface area contributed by atoms with Crippen molar-refractivity contribution in [3.63, 3.8) is 0 Å². The molecule has 0 radical (unpaired) electrons. The average molecular weight is 380 g/mol. The molecule has 0 aromatic heterocycles. The molecule has 28 heavy (non-hydrogen) atoms. The van der Waals surface area contributed by atoms with Gasteiger partial charge in [-0.2, -0.15) is 0 Å². The van der Waals surface area contributed by atoms with E-state index in [1.165, 1.54) is 16.7 Å². The standard InChI is InChI=1S/C22H24N2O4/c1-15(19(25)26)24(21(28)22(13-14-22)20(27)23(2)3)18-11-9-17(10-12-18)16-7-5-4-6-8-16/h4-12,15H,13-14H2,1-3H3,(H,25,26)/t15-/m0/s1. The fraction of sp³-hybridized carbons (Fsp3) is 0.318. The van der Waals surface area contributed by atoms with Gasteiger partial charge < -0.3 is 10.0 Å². The number of hydrogen-bond acceptors (Lipinski definition) is 3. The Morgan fingerprint density at radius 2 is 1.43 bits per heavy atom. The van der Waals surface area contributed by atoms with Crippen LogP contribution in [0.3, 0.4) is 0 Å². The zero-order valence-corrected chi connectivity index (χ0v) is 16.3. The van der Waals surface area contributed by atoms with Gasteiger partial charge in [0, 0.05) is 19.8 Å². The Kier molecular flexibility index (Phi) is 5.23. The molecule has 3 rings (SSSR count). The summed E-state index contributed by atoms with van der Waals surface area (Å²) < 4.78 is 0. The minimum Gasteiger partial charge on any atom is -0.480 e. The van der Waals surface area contributed by atoms with Crippen molar-refractivity contribution in [1.29, 1.82) is 0 Å². The number of carbonyl (C=O) groups excluding carboxylic acids is 2. The Hall–Kier alpha value is -3.15. The van der Waals surface area contributed by atoms with Crippen molar-refractivity contribution in [2.24, 2.45) is 5.41 Å². The fourth-order valence-electron chi connectivity index (χ4n) is 3.38. The van der Waals surface area contributed by atoms with E-state index in [2.05, 4.69) is 0 Å². The molecule has 6 heteroatoms. The molecule has 6 nitrogen and oxygen atoms in total. The molecule has 0 spiro atoms. The number of carbonyl (C=O) groups is 3. The first-order valence-electron chi connectivity index (χ1n) is 9.21. The highest BCUT2D eigenvalue weighted by Crippen LogP contribution is 2.49. The maximum Gasteiger partial charge on any atom is 0.326 e. The summed E-state index contributed by atoms with van der Waals surface area (Å²) in [6.07, 6.45) is 0.877. The lowest BCUT2D eigenvalue weighted by molar-refractivity contribution is -0.144. The first kappa shape index (κ1) is 19.6. The van der Waals surface area contributed by atoms with Crippen molar-refractivity contribution in [1.82, 2.24) is 4.90 Å². The van der Waals surface area contributed by atoms with Crippen LogP contribution >= 0.6 is 0 Å². The first-order valence-corrected chi connectivity index (χ1v) is 9.21. The molecule has 0 saturated heterocycles. The summed E-state index contributed by atoms with van der Waals surface area (Å²) in [5.41, 5.74) is 1.31. The van der Waals surface area contributed by atoms with Crippen molar-refractivity contribution < 1.29 is 19.5 Å². The van der Waals surface area contributed by atoms with Crippen LogP contribution in [-0.2, 0) is 14.4 Å². The predicted octanol–water partition coefficient (Wildman–Crippen LogP) is 3.03. The third-order valence-electron chi connectivity index (χ3n) is 5.19. The van der Waals surface area contributed by atoms with Crippen LogP contribution in [0.4, 0.5) is 5.69 Å². The SMILES string of the molecule is C[C@@H](C(=O)O)N(C(=O)C1(C(=O)N(C)C)CC1)c1ccc(-c2ccccc2)cc1. The smallest absolute Gasteiger partial charge is 0.326 e. The van der Waals surface area contributed by atoms with E-state index in [0.29, 0.717) is 18.5 Å². The van der Waals surface area contributed by atoms with Gasteiger partial charge in [-0.15, -0.1) is 0 Å². The van der Waals surface area contributed by atoms with Crippen LogP contribution in [-0.4, -0.2) is 47.9 Å². The third kappa shape index (κ3) is 3.50. The van der Waals surface area contributed by atoms with Gasteiger partial charge in [-0.05, 0) is 43.0 Å². The van der Waals surface area contributed by atoms with Crippen molar-refractivity contribution in [2.45, 2.75) is 25.8 Å².